The van der Waals surface area contributed by atoms with Crippen LogP contribution in [0.3, 0.4) is 0 Å². The summed E-state index contributed by atoms with van der Waals surface area (Å²) in [6, 6.07) is 0. The first-order valence-electron chi connectivity index (χ1n) is 6.76. The topological polar surface area (TPSA) is 63.2 Å². The molecule has 112 valence electrons. The number of nitrogens with zero attached hydrogens (tertiary/aromatic N) is 4. The lowest BCUT2D eigenvalue weighted by Gasteiger charge is -2.26. The minimum atomic E-state index is 0.230. The number of unbranched alkanes of at least 4 members (excludes halogenated alkanes) is 1. The Morgan fingerprint density at radius 3 is 2.80 bits per heavy atom. The highest BCUT2D eigenvalue weighted by molar-refractivity contribution is 7.98. The molecule has 0 atom stereocenters. The smallest absolute Gasteiger partial charge is 0.231 e. The van der Waals surface area contributed by atoms with Gasteiger partial charge in [0.2, 0.25) is 17.2 Å². The third-order valence-electron chi connectivity index (χ3n) is 2.95. The number of thioether (sulfide) groups is 1. The quantitative estimate of drug-likeness (QED) is 0.771. The van der Waals surface area contributed by atoms with Crippen LogP contribution < -0.4 is 10.2 Å². The number of halogens is 1. The Balaban J connectivity index is 1.90. The van der Waals surface area contributed by atoms with E-state index in [2.05, 4.69) is 31.4 Å². The zero-order valence-corrected chi connectivity index (χ0v) is 13.2. The lowest BCUT2D eigenvalue weighted by atomic mass is 10.3. The molecule has 1 saturated heterocycles. The van der Waals surface area contributed by atoms with Crippen molar-refractivity contribution in [2.24, 2.45) is 0 Å². The van der Waals surface area contributed by atoms with Gasteiger partial charge >= 0.3 is 0 Å². The average Bonchev–Trinajstić information content (AvgIpc) is 2.47. The second kappa shape index (κ2) is 8.49. The summed E-state index contributed by atoms with van der Waals surface area (Å²) in [4.78, 5) is 14.8. The van der Waals surface area contributed by atoms with Crippen LogP contribution in [0.1, 0.15) is 12.8 Å². The number of nitrogens with one attached hydrogen (secondary N) is 1. The molecule has 0 bridgehead atoms. The Hall–Kier alpha value is -0.790. The molecular weight excluding hydrogens is 298 g/mol. The van der Waals surface area contributed by atoms with Crippen molar-refractivity contribution in [1.29, 1.82) is 0 Å². The molecule has 2 heterocycles. The predicted octanol–water partition coefficient (Wildman–Crippen LogP) is 1.92. The highest BCUT2D eigenvalue weighted by Crippen LogP contribution is 2.15. The first kappa shape index (κ1) is 15.6. The number of rotatable bonds is 7. The summed E-state index contributed by atoms with van der Waals surface area (Å²) in [5.41, 5.74) is 0. The summed E-state index contributed by atoms with van der Waals surface area (Å²) in [6.07, 6.45) is 4.40. The van der Waals surface area contributed by atoms with Crippen LogP contribution in [0.25, 0.3) is 0 Å². The standard InChI is InChI=1S/C12H20ClN5OS/c1-20-9-3-2-4-14-11-15-10(13)16-12(17-11)18-5-7-19-8-6-18/h2-9H2,1H3,(H,14,15,16,17). The van der Waals surface area contributed by atoms with E-state index in [0.29, 0.717) is 25.1 Å². The normalized spacial score (nSPS) is 15.4. The molecular formula is C12H20ClN5OS. The van der Waals surface area contributed by atoms with Gasteiger partial charge in [-0.3, -0.25) is 0 Å². The van der Waals surface area contributed by atoms with E-state index in [1.54, 1.807) is 0 Å². The van der Waals surface area contributed by atoms with Crippen molar-refractivity contribution in [2.75, 3.05) is 55.1 Å². The molecule has 0 spiro atoms. The molecule has 1 aromatic heterocycles. The number of hydrogen-bond donors (Lipinski definition) is 1. The van der Waals surface area contributed by atoms with Crippen LogP contribution >= 0.6 is 23.4 Å². The highest BCUT2D eigenvalue weighted by Gasteiger charge is 2.15. The van der Waals surface area contributed by atoms with Crippen molar-refractivity contribution in [3.05, 3.63) is 5.28 Å². The third-order valence-corrected chi connectivity index (χ3v) is 3.81. The molecule has 1 fully saturated rings. The Morgan fingerprint density at radius 1 is 1.25 bits per heavy atom. The molecule has 1 aliphatic rings. The van der Waals surface area contributed by atoms with E-state index in [9.17, 15) is 0 Å². The zero-order valence-electron chi connectivity index (χ0n) is 11.6. The van der Waals surface area contributed by atoms with Crippen molar-refractivity contribution in [1.82, 2.24) is 15.0 Å². The monoisotopic (exact) mass is 317 g/mol. The van der Waals surface area contributed by atoms with E-state index in [4.69, 9.17) is 16.3 Å². The van der Waals surface area contributed by atoms with Crippen molar-refractivity contribution in [3.8, 4) is 0 Å². The molecule has 0 saturated carbocycles. The summed E-state index contributed by atoms with van der Waals surface area (Å²) in [5.74, 6) is 2.36. The lowest BCUT2D eigenvalue weighted by molar-refractivity contribution is 0.122. The van der Waals surface area contributed by atoms with Crippen LogP contribution in [0.15, 0.2) is 0 Å². The van der Waals surface area contributed by atoms with Gasteiger partial charge in [-0.15, -0.1) is 0 Å². The second-order valence-electron chi connectivity index (χ2n) is 4.45. The van der Waals surface area contributed by atoms with Crippen LogP contribution in [-0.4, -0.2) is 59.8 Å². The predicted molar refractivity (Wildman–Crippen MR) is 84.0 cm³/mol. The molecule has 0 amide bonds. The van der Waals surface area contributed by atoms with Crippen LogP contribution in [0, 0.1) is 0 Å². The molecule has 1 aliphatic heterocycles. The van der Waals surface area contributed by atoms with Gasteiger partial charge in [-0.1, -0.05) is 0 Å². The summed E-state index contributed by atoms with van der Waals surface area (Å²) in [7, 11) is 0. The largest absolute Gasteiger partial charge is 0.378 e. The van der Waals surface area contributed by atoms with E-state index in [1.807, 2.05) is 11.8 Å². The van der Waals surface area contributed by atoms with Crippen LogP contribution in [0.5, 0.6) is 0 Å². The molecule has 1 aromatic rings. The molecule has 0 unspecified atom stereocenters. The van der Waals surface area contributed by atoms with E-state index < -0.39 is 0 Å². The molecule has 1 N–H and O–H groups in total. The molecule has 0 radical (unpaired) electrons. The van der Waals surface area contributed by atoms with Crippen molar-refractivity contribution < 1.29 is 4.74 Å². The van der Waals surface area contributed by atoms with Crippen LogP contribution in [0.4, 0.5) is 11.9 Å². The fraction of sp³-hybridized carbons (Fsp3) is 0.750. The number of aromatic nitrogens is 3. The van der Waals surface area contributed by atoms with Gasteiger partial charge in [0.1, 0.15) is 0 Å². The summed E-state index contributed by atoms with van der Waals surface area (Å²) < 4.78 is 5.32. The van der Waals surface area contributed by atoms with E-state index >= 15 is 0 Å². The second-order valence-corrected chi connectivity index (χ2v) is 5.78. The fourth-order valence-corrected chi connectivity index (χ4v) is 2.54. The minimum Gasteiger partial charge on any atom is -0.378 e. The van der Waals surface area contributed by atoms with Gasteiger partial charge in [0.25, 0.3) is 0 Å². The highest BCUT2D eigenvalue weighted by atomic mass is 35.5. The molecule has 20 heavy (non-hydrogen) atoms. The van der Waals surface area contributed by atoms with Gasteiger partial charge in [0.15, 0.2) is 0 Å². The van der Waals surface area contributed by atoms with Crippen LogP contribution in [0.2, 0.25) is 5.28 Å². The van der Waals surface area contributed by atoms with E-state index in [-0.39, 0.29) is 5.28 Å². The minimum absolute atomic E-state index is 0.230. The van der Waals surface area contributed by atoms with Gasteiger partial charge in [0, 0.05) is 19.6 Å². The number of morpholine rings is 1. The first-order chi connectivity index (χ1) is 9.79. The van der Waals surface area contributed by atoms with Crippen molar-refractivity contribution in [2.45, 2.75) is 12.8 Å². The van der Waals surface area contributed by atoms with Crippen molar-refractivity contribution in [3.63, 3.8) is 0 Å². The first-order valence-corrected chi connectivity index (χ1v) is 8.54. The SMILES string of the molecule is CSCCCCNc1nc(Cl)nc(N2CCOCC2)n1. The summed E-state index contributed by atoms with van der Waals surface area (Å²) in [6.45, 7) is 3.81. The molecule has 8 heteroatoms. The Morgan fingerprint density at radius 2 is 2.05 bits per heavy atom. The number of anilines is 2. The Kier molecular flexibility index (Phi) is 6.62. The van der Waals surface area contributed by atoms with Crippen LogP contribution in [-0.2, 0) is 4.74 Å². The summed E-state index contributed by atoms with van der Waals surface area (Å²) >= 11 is 7.83. The Bertz CT molecular complexity index is 417. The Labute approximate surface area is 128 Å². The maximum Gasteiger partial charge on any atom is 0.231 e. The van der Waals surface area contributed by atoms with Gasteiger partial charge < -0.3 is 15.0 Å². The summed E-state index contributed by atoms with van der Waals surface area (Å²) in [5, 5.41) is 3.44. The van der Waals surface area contributed by atoms with Gasteiger partial charge in [-0.2, -0.15) is 26.7 Å². The number of hydrogen-bond acceptors (Lipinski definition) is 7. The van der Waals surface area contributed by atoms with Gasteiger partial charge in [-0.05, 0) is 36.5 Å². The maximum absolute atomic E-state index is 5.97. The molecule has 0 aromatic carbocycles. The number of ether oxygens (including phenoxy) is 1. The van der Waals surface area contributed by atoms with E-state index in [1.165, 1.54) is 12.2 Å². The fourth-order valence-electron chi connectivity index (χ4n) is 1.90. The van der Waals surface area contributed by atoms with Gasteiger partial charge in [-0.25, -0.2) is 0 Å². The van der Waals surface area contributed by atoms with Gasteiger partial charge in [0.05, 0.1) is 13.2 Å². The molecule has 6 nitrogen and oxygen atoms in total. The van der Waals surface area contributed by atoms with Crippen molar-refractivity contribution >= 4 is 35.3 Å². The van der Waals surface area contributed by atoms with E-state index in [0.717, 1.165) is 26.1 Å². The maximum atomic E-state index is 5.97. The lowest BCUT2D eigenvalue weighted by Crippen LogP contribution is -2.37. The zero-order chi connectivity index (χ0) is 14.2. The molecule has 0 aliphatic carbocycles. The average molecular weight is 318 g/mol. The molecule has 2 rings (SSSR count). The third kappa shape index (κ3) is 4.96.